The molecule has 0 aromatic heterocycles. The van der Waals surface area contributed by atoms with Crippen molar-refractivity contribution in [1.82, 2.24) is 0 Å². The van der Waals surface area contributed by atoms with E-state index < -0.39 is 11.9 Å². The minimum absolute atomic E-state index is 0.215. The fourth-order valence-corrected chi connectivity index (χ4v) is 2.34. The molecule has 106 valence electrons. The Morgan fingerprint density at radius 2 is 2.00 bits per heavy atom. The number of benzene rings is 1. The van der Waals surface area contributed by atoms with Crippen molar-refractivity contribution in [2.75, 3.05) is 6.54 Å². The van der Waals surface area contributed by atoms with Crippen molar-refractivity contribution < 1.29 is 9.90 Å². The van der Waals surface area contributed by atoms with Crippen molar-refractivity contribution in [2.24, 2.45) is 17.6 Å². The Balaban J connectivity index is 2.48. The number of halogens is 1. The standard InChI is InChI=1S/C15H22ClNO2/c1-2-11(9-13(10-17)15(18)19)3-4-12-5-7-14(16)8-6-12/h5-8,11,13H,2-4,9-10,17H2,1H3,(H,18,19). The first-order chi connectivity index (χ1) is 9.06. The molecule has 0 saturated carbocycles. The molecule has 0 bridgehead atoms. The Labute approximate surface area is 119 Å². The number of aliphatic carboxylic acids is 1. The molecule has 0 saturated heterocycles. The summed E-state index contributed by atoms with van der Waals surface area (Å²) >= 11 is 5.84. The lowest BCUT2D eigenvalue weighted by Crippen LogP contribution is -2.25. The van der Waals surface area contributed by atoms with Gasteiger partial charge >= 0.3 is 5.97 Å². The van der Waals surface area contributed by atoms with E-state index in [0.29, 0.717) is 12.3 Å². The lowest BCUT2D eigenvalue weighted by atomic mass is 9.88. The van der Waals surface area contributed by atoms with Gasteiger partial charge in [-0.2, -0.15) is 0 Å². The highest BCUT2D eigenvalue weighted by Gasteiger charge is 2.20. The van der Waals surface area contributed by atoms with Crippen LogP contribution in [0.5, 0.6) is 0 Å². The summed E-state index contributed by atoms with van der Waals surface area (Å²) in [6, 6.07) is 7.81. The van der Waals surface area contributed by atoms with Crippen LogP contribution in [-0.2, 0) is 11.2 Å². The molecule has 0 aliphatic rings. The summed E-state index contributed by atoms with van der Waals surface area (Å²) in [5, 5.41) is 9.78. The van der Waals surface area contributed by atoms with Crippen LogP contribution < -0.4 is 5.73 Å². The van der Waals surface area contributed by atoms with Gasteiger partial charge in [0, 0.05) is 11.6 Å². The maximum absolute atomic E-state index is 11.0. The second-order valence-electron chi connectivity index (χ2n) is 4.95. The van der Waals surface area contributed by atoms with E-state index in [0.717, 1.165) is 24.3 Å². The first kappa shape index (κ1) is 16.0. The zero-order valence-corrected chi connectivity index (χ0v) is 12.1. The van der Waals surface area contributed by atoms with Gasteiger partial charge in [-0.3, -0.25) is 4.79 Å². The Morgan fingerprint density at radius 1 is 1.37 bits per heavy atom. The fourth-order valence-electron chi connectivity index (χ4n) is 2.21. The molecule has 1 rings (SSSR count). The zero-order valence-electron chi connectivity index (χ0n) is 11.3. The van der Waals surface area contributed by atoms with Gasteiger partial charge in [0.15, 0.2) is 0 Å². The lowest BCUT2D eigenvalue weighted by Gasteiger charge is -2.18. The van der Waals surface area contributed by atoms with Crippen LogP contribution in [0.2, 0.25) is 5.02 Å². The Bertz CT molecular complexity index is 392. The van der Waals surface area contributed by atoms with Gasteiger partial charge in [0.25, 0.3) is 0 Å². The summed E-state index contributed by atoms with van der Waals surface area (Å²) in [5.74, 6) is -0.803. The maximum Gasteiger partial charge on any atom is 0.307 e. The number of hydrogen-bond donors (Lipinski definition) is 2. The van der Waals surface area contributed by atoms with Crippen molar-refractivity contribution in [3.63, 3.8) is 0 Å². The third kappa shape index (κ3) is 5.62. The second kappa shape index (κ2) is 8.18. The lowest BCUT2D eigenvalue weighted by molar-refractivity contribution is -0.142. The van der Waals surface area contributed by atoms with Gasteiger partial charge in [-0.05, 0) is 42.9 Å². The van der Waals surface area contributed by atoms with Crippen LogP contribution in [0.3, 0.4) is 0 Å². The third-order valence-corrected chi connectivity index (χ3v) is 3.84. The van der Waals surface area contributed by atoms with Crippen LogP contribution in [0.4, 0.5) is 0 Å². The largest absolute Gasteiger partial charge is 0.481 e. The van der Waals surface area contributed by atoms with Gasteiger partial charge in [-0.1, -0.05) is 37.1 Å². The van der Waals surface area contributed by atoms with E-state index >= 15 is 0 Å². The molecular formula is C15H22ClNO2. The predicted molar refractivity (Wildman–Crippen MR) is 78.4 cm³/mol. The number of rotatable bonds is 8. The van der Waals surface area contributed by atoms with Crippen LogP contribution in [0.25, 0.3) is 0 Å². The van der Waals surface area contributed by atoms with E-state index in [9.17, 15) is 4.79 Å². The molecule has 0 aliphatic carbocycles. The van der Waals surface area contributed by atoms with E-state index in [2.05, 4.69) is 6.92 Å². The van der Waals surface area contributed by atoms with Gasteiger partial charge in [-0.15, -0.1) is 0 Å². The molecule has 1 aromatic carbocycles. The topological polar surface area (TPSA) is 63.3 Å². The summed E-state index contributed by atoms with van der Waals surface area (Å²) < 4.78 is 0. The highest BCUT2D eigenvalue weighted by molar-refractivity contribution is 6.30. The highest BCUT2D eigenvalue weighted by Crippen LogP contribution is 2.22. The summed E-state index contributed by atoms with van der Waals surface area (Å²) in [6.07, 6.45) is 3.59. The molecule has 3 nitrogen and oxygen atoms in total. The average molecular weight is 284 g/mol. The van der Waals surface area contributed by atoms with E-state index in [1.165, 1.54) is 5.56 Å². The van der Waals surface area contributed by atoms with Crippen LogP contribution >= 0.6 is 11.6 Å². The summed E-state index contributed by atoms with van der Waals surface area (Å²) in [7, 11) is 0. The highest BCUT2D eigenvalue weighted by atomic mass is 35.5. The zero-order chi connectivity index (χ0) is 14.3. The van der Waals surface area contributed by atoms with Gasteiger partial charge in [0.05, 0.1) is 5.92 Å². The summed E-state index contributed by atoms with van der Waals surface area (Å²) in [5.41, 5.74) is 6.74. The van der Waals surface area contributed by atoms with Crippen molar-refractivity contribution in [3.8, 4) is 0 Å². The van der Waals surface area contributed by atoms with E-state index in [1.54, 1.807) is 0 Å². The quantitative estimate of drug-likeness (QED) is 0.769. The van der Waals surface area contributed by atoms with Crippen LogP contribution in [0.15, 0.2) is 24.3 Å². The normalized spacial score (nSPS) is 14.1. The molecule has 0 spiro atoms. The van der Waals surface area contributed by atoms with Crippen molar-refractivity contribution in [2.45, 2.75) is 32.6 Å². The first-order valence-corrected chi connectivity index (χ1v) is 7.11. The molecule has 4 heteroatoms. The van der Waals surface area contributed by atoms with Crippen molar-refractivity contribution >= 4 is 17.6 Å². The molecular weight excluding hydrogens is 262 g/mol. The molecule has 1 aromatic rings. The van der Waals surface area contributed by atoms with E-state index in [4.69, 9.17) is 22.4 Å². The van der Waals surface area contributed by atoms with Crippen molar-refractivity contribution in [1.29, 1.82) is 0 Å². The van der Waals surface area contributed by atoms with E-state index in [-0.39, 0.29) is 6.54 Å². The first-order valence-electron chi connectivity index (χ1n) is 6.74. The molecule has 0 aliphatic heterocycles. The fraction of sp³-hybridized carbons (Fsp3) is 0.533. The molecule has 0 fully saturated rings. The molecule has 0 amide bonds. The van der Waals surface area contributed by atoms with Gasteiger partial charge in [0.2, 0.25) is 0 Å². The number of hydrogen-bond acceptors (Lipinski definition) is 2. The minimum atomic E-state index is -0.785. The van der Waals surface area contributed by atoms with Crippen LogP contribution in [0.1, 0.15) is 31.7 Å². The van der Waals surface area contributed by atoms with Gasteiger partial charge in [-0.25, -0.2) is 0 Å². The smallest absolute Gasteiger partial charge is 0.307 e. The maximum atomic E-state index is 11.0. The number of carboxylic acid groups (broad SMARTS) is 1. The third-order valence-electron chi connectivity index (χ3n) is 3.58. The molecule has 2 atom stereocenters. The summed E-state index contributed by atoms with van der Waals surface area (Å²) in [6.45, 7) is 2.31. The average Bonchev–Trinajstić information content (AvgIpc) is 2.40. The monoisotopic (exact) mass is 283 g/mol. The second-order valence-corrected chi connectivity index (χ2v) is 5.38. The number of carboxylic acids is 1. The Kier molecular flexibility index (Phi) is 6.89. The molecule has 3 N–H and O–H groups in total. The Hall–Kier alpha value is -1.06. The van der Waals surface area contributed by atoms with E-state index in [1.807, 2.05) is 24.3 Å². The SMILES string of the molecule is CCC(CCc1ccc(Cl)cc1)CC(CN)C(=O)O. The minimum Gasteiger partial charge on any atom is -0.481 e. The molecule has 19 heavy (non-hydrogen) atoms. The van der Waals surface area contributed by atoms with Gasteiger partial charge in [0.1, 0.15) is 0 Å². The number of nitrogens with two attached hydrogens (primary N) is 1. The number of carbonyl (C=O) groups is 1. The van der Waals surface area contributed by atoms with Crippen LogP contribution in [-0.4, -0.2) is 17.6 Å². The molecule has 0 heterocycles. The van der Waals surface area contributed by atoms with Crippen molar-refractivity contribution in [3.05, 3.63) is 34.9 Å². The molecule has 0 radical (unpaired) electrons. The summed E-state index contributed by atoms with van der Waals surface area (Å²) in [4.78, 5) is 11.0. The van der Waals surface area contributed by atoms with Crippen LogP contribution in [0, 0.1) is 11.8 Å². The molecule has 2 unspecified atom stereocenters. The predicted octanol–water partition coefficient (Wildman–Crippen LogP) is 3.35. The number of aryl methyl sites for hydroxylation is 1. The van der Waals surface area contributed by atoms with Gasteiger partial charge < -0.3 is 10.8 Å². The Morgan fingerprint density at radius 3 is 2.47 bits per heavy atom.